The maximum atomic E-state index is 13.6. The highest BCUT2D eigenvalue weighted by molar-refractivity contribution is 5.43. The van der Waals surface area contributed by atoms with Crippen molar-refractivity contribution in [3.8, 4) is 0 Å². The molecule has 0 spiro atoms. The number of rotatable bonds is 7. The summed E-state index contributed by atoms with van der Waals surface area (Å²) >= 11 is 0. The van der Waals surface area contributed by atoms with Crippen LogP contribution in [0, 0.1) is 11.7 Å². The summed E-state index contributed by atoms with van der Waals surface area (Å²) in [5.41, 5.74) is 0. The summed E-state index contributed by atoms with van der Waals surface area (Å²) in [4.78, 5) is 8.10. The number of nitrogens with zero attached hydrogens (tertiary/aromatic N) is 2. The van der Waals surface area contributed by atoms with Gasteiger partial charge in [-0.15, -0.1) is 0 Å². The highest BCUT2D eigenvalue weighted by Gasteiger charge is 2.36. The van der Waals surface area contributed by atoms with Gasteiger partial charge in [-0.2, -0.15) is 4.98 Å². The number of nitrogens with one attached hydrogen (secondary N) is 2. The van der Waals surface area contributed by atoms with E-state index in [-0.39, 0.29) is 5.82 Å². The van der Waals surface area contributed by atoms with E-state index in [9.17, 15) is 4.39 Å². The van der Waals surface area contributed by atoms with Gasteiger partial charge in [-0.05, 0) is 25.2 Å². The lowest BCUT2D eigenvalue weighted by Gasteiger charge is -2.08. The Morgan fingerprint density at radius 3 is 2.94 bits per heavy atom. The molecule has 0 radical (unpaired) electrons. The molecule has 1 aliphatic rings. The first kappa shape index (κ1) is 13.1. The quantitative estimate of drug-likeness (QED) is 0.783. The van der Waals surface area contributed by atoms with Crippen LogP contribution in [-0.4, -0.2) is 22.6 Å². The molecule has 1 saturated carbocycles. The first-order valence-corrected chi connectivity index (χ1v) is 6.77. The minimum Gasteiger partial charge on any atom is -0.364 e. The van der Waals surface area contributed by atoms with Crippen LogP contribution in [0.5, 0.6) is 0 Å². The largest absolute Gasteiger partial charge is 0.364 e. The van der Waals surface area contributed by atoms with E-state index in [2.05, 4.69) is 34.4 Å². The van der Waals surface area contributed by atoms with Crippen molar-refractivity contribution in [3.05, 3.63) is 12.0 Å². The Morgan fingerprint density at radius 1 is 1.39 bits per heavy atom. The first-order chi connectivity index (χ1) is 8.74. The second kappa shape index (κ2) is 5.98. The standard InChI is InChI=1S/C13H21FN4/c1-3-5-9-7-11(9)17-12-10(14)8-16-13(18-12)15-6-4-2/h8-9,11H,3-7H2,1-2H3,(H2,15,16,17,18). The Labute approximate surface area is 107 Å². The van der Waals surface area contributed by atoms with E-state index in [0.29, 0.717) is 23.7 Å². The lowest BCUT2D eigenvalue weighted by Crippen LogP contribution is -2.11. The van der Waals surface area contributed by atoms with Gasteiger partial charge in [0.05, 0.1) is 6.20 Å². The molecule has 0 bridgehead atoms. The van der Waals surface area contributed by atoms with Crippen molar-refractivity contribution in [2.24, 2.45) is 5.92 Å². The molecule has 18 heavy (non-hydrogen) atoms. The molecular weight excluding hydrogens is 231 g/mol. The average Bonchev–Trinajstić information content (AvgIpc) is 3.09. The van der Waals surface area contributed by atoms with Gasteiger partial charge in [0.2, 0.25) is 5.95 Å². The fourth-order valence-corrected chi connectivity index (χ4v) is 2.08. The summed E-state index contributed by atoms with van der Waals surface area (Å²) in [7, 11) is 0. The summed E-state index contributed by atoms with van der Waals surface area (Å²) in [6, 6.07) is 0.383. The molecule has 0 aliphatic heterocycles. The smallest absolute Gasteiger partial charge is 0.224 e. The van der Waals surface area contributed by atoms with Crippen molar-refractivity contribution < 1.29 is 4.39 Å². The Hall–Kier alpha value is -1.39. The second-order valence-electron chi connectivity index (χ2n) is 4.85. The van der Waals surface area contributed by atoms with Crippen LogP contribution in [0.3, 0.4) is 0 Å². The molecule has 100 valence electrons. The van der Waals surface area contributed by atoms with Gasteiger partial charge < -0.3 is 10.6 Å². The number of aromatic nitrogens is 2. The predicted molar refractivity (Wildman–Crippen MR) is 71.2 cm³/mol. The zero-order valence-corrected chi connectivity index (χ0v) is 11.0. The minimum absolute atomic E-state index is 0.326. The number of hydrogen-bond donors (Lipinski definition) is 2. The summed E-state index contributed by atoms with van der Waals surface area (Å²) in [6.07, 6.45) is 5.72. The van der Waals surface area contributed by atoms with Gasteiger partial charge >= 0.3 is 0 Å². The zero-order chi connectivity index (χ0) is 13.0. The SMILES string of the molecule is CCCNc1ncc(F)c(NC2CC2CCC)n1. The zero-order valence-electron chi connectivity index (χ0n) is 11.0. The topological polar surface area (TPSA) is 49.8 Å². The molecule has 1 heterocycles. The Morgan fingerprint density at radius 2 is 2.22 bits per heavy atom. The number of anilines is 2. The molecule has 0 saturated heterocycles. The molecule has 2 N–H and O–H groups in total. The second-order valence-corrected chi connectivity index (χ2v) is 4.85. The van der Waals surface area contributed by atoms with E-state index in [1.54, 1.807) is 0 Å². The van der Waals surface area contributed by atoms with Crippen molar-refractivity contribution in [2.75, 3.05) is 17.2 Å². The molecule has 1 fully saturated rings. The van der Waals surface area contributed by atoms with Crippen LogP contribution in [0.4, 0.5) is 16.2 Å². The van der Waals surface area contributed by atoms with E-state index in [1.165, 1.54) is 19.0 Å². The molecule has 2 unspecified atom stereocenters. The van der Waals surface area contributed by atoms with Gasteiger partial charge in [0.1, 0.15) is 0 Å². The van der Waals surface area contributed by atoms with E-state index in [4.69, 9.17) is 0 Å². The third-order valence-electron chi connectivity index (χ3n) is 3.18. The molecule has 4 nitrogen and oxygen atoms in total. The number of halogens is 1. The molecular formula is C13H21FN4. The molecule has 2 rings (SSSR count). The van der Waals surface area contributed by atoms with Gasteiger partial charge in [0, 0.05) is 12.6 Å². The van der Waals surface area contributed by atoms with E-state index in [0.717, 1.165) is 19.4 Å². The van der Waals surface area contributed by atoms with E-state index < -0.39 is 0 Å². The molecule has 0 aromatic carbocycles. The maximum Gasteiger partial charge on any atom is 0.224 e. The van der Waals surface area contributed by atoms with Crippen LogP contribution in [-0.2, 0) is 0 Å². The number of hydrogen-bond acceptors (Lipinski definition) is 4. The molecule has 2 atom stereocenters. The van der Waals surface area contributed by atoms with Gasteiger partial charge in [-0.1, -0.05) is 20.3 Å². The van der Waals surface area contributed by atoms with Crippen LogP contribution in [0.2, 0.25) is 0 Å². The van der Waals surface area contributed by atoms with Crippen molar-refractivity contribution >= 4 is 11.8 Å². The van der Waals surface area contributed by atoms with Gasteiger partial charge in [-0.3, -0.25) is 0 Å². The van der Waals surface area contributed by atoms with Crippen molar-refractivity contribution in [3.63, 3.8) is 0 Å². The normalized spacial score (nSPS) is 21.7. The highest BCUT2D eigenvalue weighted by atomic mass is 19.1. The van der Waals surface area contributed by atoms with Crippen molar-refractivity contribution in [2.45, 2.75) is 45.6 Å². The van der Waals surface area contributed by atoms with E-state index >= 15 is 0 Å². The molecule has 5 heteroatoms. The molecule has 1 aromatic rings. The molecule has 1 aliphatic carbocycles. The monoisotopic (exact) mass is 252 g/mol. The Bertz CT molecular complexity index is 397. The summed E-state index contributed by atoms with van der Waals surface area (Å²) < 4.78 is 13.6. The fraction of sp³-hybridized carbons (Fsp3) is 0.692. The highest BCUT2D eigenvalue weighted by Crippen LogP contribution is 2.37. The molecule has 1 aromatic heterocycles. The minimum atomic E-state index is -0.376. The van der Waals surface area contributed by atoms with Crippen LogP contribution in [0.1, 0.15) is 39.5 Å². The summed E-state index contributed by atoms with van der Waals surface area (Å²) in [5, 5.41) is 6.23. The van der Waals surface area contributed by atoms with Crippen molar-refractivity contribution in [1.29, 1.82) is 0 Å². The fourth-order valence-electron chi connectivity index (χ4n) is 2.08. The van der Waals surface area contributed by atoms with Crippen LogP contribution >= 0.6 is 0 Å². The first-order valence-electron chi connectivity index (χ1n) is 6.77. The van der Waals surface area contributed by atoms with Gasteiger partial charge in [0.15, 0.2) is 11.6 Å². The van der Waals surface area contributed by atoms with Crippen LogP contribution < -0.4 is 10.6 Å². The predicted octanol–water partition coefficient (Wildman–Crippen LogP) is 3.04. The Balaban J connectivity index is 1.94. The van der Waals surface area contributed by atoms with Crippen molar-refractivity contribution in [1.82, 2.24) is 9.97 Å². The third kappa shape index (κ3) is 3.31. The summed E-state index contributed by atoms with van der Waals surface area (Å²) in [6.45, 7) is 5.04. The Kier molecular flexibility index (Phi) is 4.33. The van der Waals surface area contributed by atoms with Crippen LogP contribution in [0.25, 0.3) is 0 Å². The van der Waals surface area contributed by atoms with E-state index in [1.807, 2.05) is 0 Å². The summed E-state index contributed by atoms with van der Waals surface area (Å²) in [5.74, 6) is 1.12. The maximum absolute atomic E-state index is 13.6. The van der Waals surface area contributed by atoms with Gasteiger partial charge in [-0.25, -0.2) is 9.37 Å². The molecule has 0 amide bonds. The average molecular weight is 252 g/mol. The lowest BCUT2D eigenvalue weighted by atomic mass is 10.2. The van der Waals surface area contributed by atoms with Gasteiger partial charge in [0.25, 0.3) is 0 Å². The van der Waals surface area contributed by atoms with Crippen LogP contribution in [0.15, 0.2) is 6.20 Å². The lowest BCUT2D eigenvalue weighted by molar-refractivity contribution is 0.614. The third-order valence-corrected chi connectivity index (χ3v) is 3.18.